The molecule has 1 unspecified atom stereocenters. The predicted octanol–water partition coefficient (Wildman–Crippen LogP) is 1.74. The highest BCUT2D eigenvalue weighted by Crippen LogP contribution is 2.50. The third-order valence-corrected chi connectivity index (χ3v) is 5.37. The molecule has 88 valence electrons. The lowest BCUT2D eigenvalue weighted by atomic mass is 10.7. The van der Waals surface area contributed by atoms with Crippen LogP contribution in [0.15, 0.2) is 11.2 Å². The number of phosphoric ester groups is 1. The molecule has 15 heavy (non-hydrogen) atoms. The molecule has 8 heteroatoms. The van der Waals surface area contributed by atoms with Gasteiger partial charge in [-0.3, -0.25) is 13.3 Å². The van der Waals surface area contributed by atoms with Crippen LogP contribution in [0, 0.1) is 0 Å². The van der Waals surface area contributed by atoms with E-state index in [0.717, 1.165) is 5.75 Å². The van der Waals surface area contributed by atoms with Crippen molar-refractivity contribution < 1.29 is 22.3 Å². The van der Waals surface area contributed by atoms with Gasteiger partial charge in [-0.2, -0.15) is 0 Å². The standard InChI is InChI=1S/C7H13O5PS2/c1-10-13(8,11-2)12-7-5-14-3-4-15(9)6-7/h5H,3-4,6H2,1-2H3. The molecule has 0 saturated carbocycles. The molecular formula is C7H13O5PS2. The van der Waals surface area contributed by atoms with E-state index in [-0.39, 0.29) is 5.75 Å². The van der Waals surface area contributed by atoms with Crippen molar-refractivity contribution in [2.75, 3.05) is 31.5 Å². The summed E-state index contributed by atoms with van der Waals surface area (Å²) in [6.07, 6.45) is 0. The molecule has 0 aromatic heterocycles. The zero-order chi connectivity index (χ0) is 11.3. The molecule has 0 spiro atoms. The highest BCUT2D eigenvalue weighted by molar-refractivity contribution is 8.03. The number of hydrogen-bond donors (Lipinski definition) is 0. The normalized spacial score (nSPS) is 23.1. The van der Waals surface area contributed by atoms with E-state index in [0.29, 0.717) is 11.5 Å². The second-order valence-electron chi connectivity index (χ2n) is 2.65. The minimum Gasteiger partial charge on any atom is -0.407 e. The zero-order valence-electron chi connectivity index (χ0n) is 8.50. The molecule has 0 saturated heterocycles. The Morgan fingerprint density at radius 1 is 1.47 bits per heavy atom. The average Bonchev–Trinajstić information content (AvgIpc) is 2.42. The van der Waals surface area contributed by atoms with Crippen LogP contribution in [0.5, 0.6) is 0 Å². The Balaban J connectivity index is 2.67. The summed E-state index contributed by atoms with van der Waals surface area (Å²) in [5.41, 5.74) is 0. The van der Waals surface area contributed by atoms with Gasteiger partial charge in [-0.05, 0) is 0 Å². The first-order valence-electron chi connectivity index (χ1n) is 4.16. The molecule has 0 aliphatic carbocycles. The van der Waals surface area contributed by atoms with Crippen LogP contribution in [-0.2, 0) is 28.9 Å². The summed E-state index contributed by atoms with van der Waals surface area (Å²) in [7, 11) is -2.00. The van der Waals surface area contributed by atoms with Gasteiger partial charge >= 0.3 is 7.82 Å². The number of rotatable bonds is 4. The van der Waals surface area contributed by atoms with Gasteiger partial charge in [0, 0.05) is 41.9 Å². The molecule has 0 radical (unpaired) electrons. The number of hydrogen-bond acceptors (Lipinski definition) is 6. The summed E-state index contributed by atoms with van der Waals surface area (Å²) in [5.74, 6) is 2.02. The van der Waals surface area contributed by atoms with Crippen LogP contribution >= 0.6 is 19.6 Å². The van der Waals surface area contributed by atoms with Crippen molar-refractivity contribution in [1.29, 1.82) is 0 Å². The Bertz CT molecular complexity index is 309. The van der Waals surface area contributed by atoms with Crippen molar-refractivity contribution >= 4 is 30.4 Å². The molecule has 1 rings (SSSR count). The maximum absolute atomic E-state index is 11.6. The van der Waals surface area contributed by atoms with E-state index in [1.165, 1.54) is 26.0 Å². The van der Waals surface area contributed by atoms with Gasteiger partial charge in [0.05, 0.1) is 5.75 Å². The topological polar surface area (TPSA) is 61.8 Å². The molecule has 1 aliphatic heterocycles. The lowest BCUT2D eigenvalue weighted by Crippen LogP contribution is -2.06. The third kappa shape index (κ3) is 4.28. The molecule has 0 N–H and O–H groups in total. The average molecular weight is 272 g/mol. The Labute approximate surface area is 95.6 Å². The summed E-state index contributed by atoms with van der Waals surface area (Å²) in [6.45, 7) is 0. The van der Waals surface area contributed by atoms with Crippen molar-refractivity contribution in [2.45, 2.75) is 0 Å². The van der Waals surface area contributed by atoms with Crippen molar-refractivity contribution in [3.05, 3.63) is 11.2 Å². The van der Waals surface area contributed by atoms with Gasteiger partial charge in [-0.15, -0.1) is 11.8 Å². The maximum Gasteiger partial charge on any atom is 0.529 e. The van der Waals surface area contributed by atoms with Crippen molar-refractivity contribution in [3.8, 4) is 0 Å². The Morgan fingerprint density at radius 3 is 2.73 bits per heavy atom. The van der Waals surface area contributed by atoms with Crippen molar-refractivity contribution in [3.63, 3.8) is 0 Å². The van der Waals surface area contributed by atoms with E-state index in [4.69, 9.17) is 4.52 Å². The molecular weight excluding hydrogens is 259 g/mol. The quantitative estimate of drug-likeness (QED) is 0.726. The van der Waals surface area contributed by atoms with E-state index < -0.39 is 18.6 Å². The van der Waals surface area contributed by atoms with Crippen molar-refractivity contribution in [1.82, 2.24) is 0 Å². The molecule has 1 aliphatic rings. The fraction of sp³-hybridized carbons (Fsp3) is 0.714. The second kappa shape index (κ2) is 6.06. The summed E-state index contributed by atoms with van der Waals surface area (Å²) < 4.78 is 37.3. The molecule has 0 amide bonds. The van der Waals surface area contributed by atoms with E-state index in [1.54, 1.807) is 5.41 Å². The summed E-state index contributed by atoms with van der Waals surface area (Å²) in [4.78, 5) is 0. The first kappa shape index (κ1) is 13.3. The summed E-state index contributed by atoms with van der Waals surface area (Å²) in [5, 5.41) is 1.70. The van der Waals surface area contributed by atoms with Crippen LogP contribution in [0.2, 0.25) is 0 Å². The Kier molecular flexibility index (Phi) is 5.35. The van der Waals surface area contributed by atoms with Crippen LogP contribution in [0.25, 0.3) is 0 Å². The molecule has 0 fully saturated rings. The molecule has 0 bridgehead atoms. The van der Waals surface area contributed by atoms with Gasteiger partial charge in [-0.1, -0.05) is 0 Å². The third-order valence-electron chi connectivity index (χ3n) is 1.62. The first-order valence-corrected chi connectivity index (χ1v) is 8.16. The zero-order valence-corrected chi connectivity index (χ0v) is 11.0. The van der Waals surface area contributed by atoms with Crippen LogP contribution < -0.4 is 0 Å². The highest BCUT2D eigenvalue weighted by atomic mass is 32.2. The summed E-state index contributed by atoms with van der Waals surface area (Å²) in [6, 6.07) is 0. The van der Waals surface area contributed by atoms with Crippen LogP contribution in [0.4, 0.5) is 0 Å². The van der Waals surface area contributed by atoms with Crippen LogP contribution in [-0.4, -0.2) is 35.7 Å². The van der Waals surface area contributed by atoms with Gasteiger partial charge in [0.15, 0.2) is 0 Å². The fourth-order valence-electron chi connectivity index (χ4n) is 0.898. The minimum atomic E-state index is -3.51. The van der Waals surface area contributed by atoms with Gasteiger partial charge in [0.1, 0.15) is 5.76 Å². The lowest BCUT2D eigenvalue weighted by molar-refractivity contribution is 0.184. The van der Waals surface area contributed by atoms with E-state index in [2.05, 4.69) is 9.05 Å². The van der Waals surface area contributed by atoms with Gasteiger partial charge in [0.25, 0.3) is 0 Å². The number of phosphoric acid groups is 1. The fourth-order valence-corrected chi connectivity index (χ4v) is 4.03. The lowest BCUT2D eigenvalue weighted by Gasteiger charge is -2.15. The van der Waals surface area contributed by atoms with Gasteiger partial charge in [-0.25, -0.2) is 4.57 Å². The first-order chi connectivity index (χ1) is 7.09. The SMILES string of the molecule is COP(=O)(OC)OC1=CSCCS(=O)C1. The Hall–Kier alpha value is 0.190. The molecule has 0 aromatic rings. The van der Waals surface area contributed by atoms with E-state index >= 15 is 0 Å². The number of thioether (sulfide) groups is 1. The van der Waals surface area contributed by atoms with E-state index in [9.17, 15) is 8.77 Å². The molecule has 1 heterocycles. The van der Waals surface area contributed by atoms with E-state index in [1.807, 2.05) is 0 Å². The van der Waals surface area contributed by atoms with Gasteiger partial charge in [0.2, 0.25) is 0 Å². The monoisotopic (exact) mass is 272 g/mol. The molecule has 1 atom stereocenters. The molecule has 5 nitrogen and oxygen atoms in total. The minimum absolute atomic E-state index is 0.254. The maximum atomic E-state index is 11.6. The Morgan fingerprint density at radius 2 is 2.13 bits per heavy atom. The van der Waals surface area contributed by atoms with Crippen LogP contribution in [0.1, 0.15) is 0 Å². The summed E-state index contributed by atoms with van der Waals surface area (Å²) >= 11 is 1.48. The highest BCUT2D eigenvalue weighted by Gasteiger charge is 2.27. The van der Waals surface area contributed by atoms with Crippen molar-refractivity contribution in [2.24, 2.45) is 0 Å². The second-order valence-corrected chi connectivity index (χ2v) is 7.01. The molecule has 0 aromatic carbocycles. The predicted molar refractivity (Wildman–Crippen MR) is 61.1 cm³/mol. The van der Waals surface area contributed by atoms with Crippen LogP contribution in [0.3, 0.4) is 0 Å². The smallest absolute Gasteiger partial charge is 0.407 e. The van der Waals surface area contributed by atoms with Gasteiger partial charge < -0.3 is 4.52 Å². The largest absolute Gasteiger partial charge is 0.529 e.